The minimum Gasteiger partial charge on any atom is -0.228 e. The molecule has 11 rings (SSSR count). The molecule has 0 atom stereocenters. The molecule has 0 N–H and O–H groups in total. The van der Waals surface area contributed by atoms with E-state index in [9.17, 15) is 0 Å². The molecule has 0 saturated carbocycles. The third-order valence-electron chi connectivity index (χ3n) is 11.0. The van der Waals surface area contributed by atoms with E-state index in [0.29, 0.717) is 5.82 Å². The number of hydrogen-bond donors (Lipinski definition) is 0. The Morgan fingerprint density at radius 2 is 0.833 bits per heavy atom. The molecule has 10 aromatic carbocycles. The van der Waals surface area contributed by atoms with E-state index in [1.165, 1.54) is 65.0 Å². The fraction of sp³-hybridized carbons (Fsp3) is 0. The molecule has 0 unspecified atom stereocenters. The lowest BCUT2D eigenvalue weighted by atomic mass is 9.89. The quantitative estimate of drug-likeness (QED) is 0.169. The molecule has 2 heteroatoms. The van der Waals surface area contributed by atoms with E-state index in [1.807, 2.05) is 18.2 Å². The largest absolute Gasteiger partial charge is 0.228 e. The number of fused-ring (bicyclic) bond motifs is 2. The van der Waals surface area contributed by atoms with Crippen molar-refractivity contribution in [3.8, 4) is 56.2 Å². The van der Waals surface area contributed by atoms with Crippen LogP contribution in [0, 0.1) is 0 Å². The molecule has 0 saturated heterocycles. The lowest BCUT2D eigenvalue weighted by molar-refractivity contribution is 1.19. The smallest absolute Gasteiger partial charge is 0.160 e. The Balaban J connectivity index is 1.07. The SMILES string of the molecule is c1ccc(-c2nc(-c3ccc4cc(-c5ccc6ccc7cccc8ccc5c6c78)ccc4c3)cc(-c3c(-c4ccccc4)ccc4ccccc34)n2)cc1. The van der Waals surface area contributed by atoms with Crippen LogP contribution >= 0.6 is 0 Å². The third-order valence-corrected chi connectivity index (χ3v) is 11.0. The van der Waals surface area contributed by atoms with E-state index in [0.717, 1.165) is 39.2 Å². The van der Waals surface area contributed by atoms with Gasteiger partial charge in [0.1, 0.15) is 0 Å². The highest BCUT2D eigenvalue weighted by molar-refractivity contribution is 6.25. The van der Waals surface area contributed by atoms with Gasteiger partial charge in [-0.2, -0.15) is 0 Å². The van der Waals surface area contributed by atoms with Gasteiger partial charge in [-0.05, 0) is 94.3 Å². The zero-order valence-electron chi connectivity index (χ0n) is 29.4. The predicted octanol–water partition coefficient (Wildman–Crippen LogP) is 14.0. The summed E-state index contributed by atoms with van der Waals surface area (Å²) in [5.74, 6) is 0.708. The molecule has 0 aliphatic carbocycles. The van der Waals surface area contributed by atoms with Crippen molar-refractivity contribution in [2.24, 2.45) is 0 Å². The lowest BCUT2D eigenvalue weighted by Gasteiger charge is -2.16. The topological polar surface area (TPSA) is 25.8 Å². The minimum absolute atomic E-state index is 0.708. The van der Waals surface area contributed by atoms with Crippen molar-refractivity contribution in [1.29, 1.82) is 0 Å². The molecule has 0 amide bonds. The molecule has 0 radical (unpaired) electrons. The highest BCUT2D eigenvalue weighted by Crippen LogP contribution is 2.42. The van der Waals surface area contributed by atoms with Crippen LogP contribution in [-0.4, -0.2) is 9.97 Å². The maximum atomic E-state index is 5.29. The van der Waals surface area contributed by atoms with Crippen LogP contribution in [0.1, 0.15) is 0 Å². The van der Waals surface area contributed by atoms with Gasteiger partial charge in [-0.25, -0.2) is 9.97 Å². The molecular formula is C52H32N2. The molecule has 11 aromatic rings. The van der Waals surface area contributed by atoms with Crippen molar-refractivity contribution in [1.82, 2.24) is 9.97 Å². The summed E-state index contributed by atoms with van der Waals surface area (Å²) in [5, 5.41) is 12.5. The Labute approximate surface area is 313 Å². The number of nitrogens with zero attached hydrogens (tertiary/aromatic N) is 2. The summed E-state index contributed by atoms with van der Waals surface area (Å²) in [5.41, 5.74) is 9.72. The average Bonchev–Trinajstić information content (AvgIpc) is 3.25. The molecule has 0 bridgehead atoms. The Kier molecular flexibility index (Phi) is 6.90. The van der Waals surface area contributed by atoms with E-state index < -0.39 is 0 Å². The third kappa shape index (κ3) is 4.96. The van der Waals surface area contributed by atoms with Gasteiger partial charge < -0.3 is 0 Å². The second-order valence-electron chi connectivity index (χ2n) is 14.1. The molecular weight excluding hydrogens is 653 g/mol. The fourth-order valence-electron chi connectivity index (χ4n) is 8.40. The van der Waals surface area contributed by atoms with Crippen LogP contribution in [0.25, 0.3) is 110 Å². The molecule has 2 nitrogen and oxygen atoms in total. The van der Waals surface area contributed by atoms with E-state index >= 15 is 0 Å². The van der Waals surface area contributed by atoms with Gasteiger partial charge in [-0.15, -0.1) is 0 Å². The highest BCUT2D eigenvalue weighted by Gasteiger charge is 2.18. The number of aromatic nitrogens is 2. The maximum Gasteiger partial charge on any atom is 0.160 e. The zero-order chi connectivity index (χ0) is 35.6. The van der Waals surface area contributed by atoms with Gasteiger partial charge in [0.25, 0.3) is 0 Å². The predicted molar refractivity (Wildman–Crippen MR) is 228 cm³/mol. The van der Waals surface area contributed by atoms with Crippen LogP contribution < -0.4 is 0 Å². The summed E-state index contributed by atoms with van der Waals surface area (Å²) in [7, 11) is 0. The van der Waals surface area contributed by atoms with Crippen LogP contribution in [0.5, 0.6) is 0 Å². The Morgan fingerprint density at radius 1 is 0.278 bits per heavy atom. The minimum atomic E-state index is 0.708. The fourth-order valence-corrected chi connectivity index (χ4v) is 8.40. The number of hydrogen-bond acceptors (Lipinski definition) is 2. The summed E-state index contributed by atoms with van der Waals surface area (Å²) < 4.78 is 0. The maximum absolute atomic E-state index is 5.29. The summed E-state index contributed by atoms with van der Waals surface area (Å²) in [4.78, 5) is 10.5. The Bertz CT molecular complexity index is 3190. The monoisotopic (exact) mass is 684 g/mol. The van der Waals surface area contributed by atoms with E-state index in [1.54, 1.807) is 0 Å². The van der Waals surface area contributed by atoms with Gasteiger partial charge >= 0.3 is 0 Å². The van der Waals surface area contributed by atoms with Crippen molar-refractivity contribution >= 4 is 53.9 Å². The molecule has 54 heavy (non-hydrogen) atoms. The first-order chi connectivity index (χ1) is 26.7. The second kappa shape index (κ2) is 12.2. The summed E-state index contributed by atoms with van der Waals surface area (Å²) in [6, 6.07) is 69.9. The zero-order valence-corrected chi connectivity index (χ0v) is 29.4. The molecule has 0 aliphatic rings. The van der Waals surface area contributed by atoms with E-state index in [2.05, 4.69) is 176 Å². The van der Waals surface area contributed by atoms with Gasteiger partial charge in [-0.3, -0.25) is 0 Å². The van der Waals surface area contributed by atoms with Gasteiger partial charge in [0, 0.05) is 16.7 Å². The van der Waals surface area contributed by atoms with Crippen molar-refractivity contribution in [3.05, 3.63) is 194 Å². The van der Waals surface area contributed by atoms with Crippen molar-refractivity contribution in [3.63, 3.8) is 0 Å². The summed E-state index contributed by atoms with van der Waals surface area (Å²) >= 11 is 0. The summed E-state index contributed by atoms with van der Waals surface area (Å²) in [6.07, 6.45) is 0. The van der Waals surface area contributed by atoms with Crippen molar-refractivity contribution in [2.75, 3.05) is 0 Å². The number of benzene rings is 10. The average molecular weight is 685 g/mol. The first-order valence-electron chi connectivity index (χ1n) is 18.5. The van der Waals surface area contributed by atoms with Crippen molar-refractivity contribution < 1.29 is 0 Å². The van der Waals surface area contributed by atoms with Gasteiger partial charge in [-0.1, -0.05) is 176 Å². The molecule has 1 heterocycles. The second-order valence-corrected chi connectivity index (χ2v) is 14.1. The molecule has 1 aromatic heterocycles. The summed E-state index contributed by atoms with van der Waals surface area (Å²) in [6.45, 7) is 0. The molecule has 0 spiro atoms. The van der Waals surface area contributed by atoms with Crippen LogP contribution in [0.4, 0.5) is 0 Å². The molecule has 250 valence electrons. The first-order valence-corrected chi connectivity index (χ1v) is 18.5. The number of rotatable bonds is 5. The molecule has 0 aliphatic heterocycles. The van der Waals surface area contributed by atoms with Crippen LogP contribution in [-0.2, 0) is 0 Å². The normalized spacial score (nSPS) is 11.7. The van der Waals surface area contributed by atoms with E-state index in [-0.39, 0.29) is 0 Å². The van der Waals surface area contributed by atoms with Crippen LogP contribution in [0.3, 0.4) is 0 Å². The van der Waals surface area contributed by atoms with Gasteiger partial charge in [0.2, 0.25) is 0 Å². The standard InChI is InChI=1S/C52H32N2/c1-3-10-33(11-4-1)45-28-24-34-12-7-8-17-44(34)51(45)48-32-47(53-52(54-48)38-13-5-2-6-14-38)42-23-21-39-30-41(22-20-40(39)31-42)43-27-25-37-19-18-35-15-9-16-36-26-29-46(43)50(37)49(35)36/h1-32H. The highest BCUT2D eigenvalue weighted by atomic mass is 14.9. The van der Waals surface area contributed by atoms with Crippen molar-refractivity contribution in [2.45, 2.75) is 0 Å². The van der Waals surface area contributed by atoms with Crippen LogP contribution in [0.2, 0.25) is 0 Å². The molecule has 0 fully saturated rings. The van der Waals surface area contributed by atoms with E-state index in [4.69, 9.17) is 9.97 Å². The van der Waals surface area contributed by atoms with Gasteiger partial charge in [0.05, 0.1) is 11.4 Å². The van der Waals surface area contributed by atoms with Crippen LogP contribution in [0.15, 0.2) is 194 Å². The Hall–Kier alpha value is -7.16. The Morgan fingerprint density at radius 3 is 1.63 bits per heavy atom. The first kappa shape index (κ1) is 30.5. The van der Waals surface area contributed by atoms with Gasteiger partial charge in [0.15, 0.2) is 5.82 Å². The lowest BCUT2D eigenvalue weighted by Crippen LogP contribution is -1.98.